The first kappa shape index (κ1) is 13.3. The molecule has 0 saturated carbocycles. The standard InChI is InChI=1S/C17H18O2/c1-11-5-6-15(9-12(11)2)19-16-7-8-17(14(4)18)13(3)10-16/h5-10H,1-4H3. The third-order valence-corrected chi connectivity index (χ3v) is 3.29. The summed E-state index contributed by atoms with van der Waals surface area (Å²) in [5, 5.41) is 0. The van der Waals surface area contributed by atoms with Gasteiger partial charge >= 0.3 is 0 Å². The first-order chi connectivity index (χ1) is 8.97. The fourth-order valence-electron chi connectivity index (χ4n) is 2.01. The third kappa shape index (κ3) is 3.02. The van der Waals surface area contributed by atoms with Gasteiger partial charge in [0.05, 0.1) is 0 Å². The highest BCUT2D eigenvalue weighted by molar-refractivity contribution is 5.95. The number of ether oxygens (including phenoxy) is 1. The summed E-state index contributed by atoms with van der Waals surface area (Å²) in [7, 11) is 0. The molecule has 0 aliphatic carbocycles. The van der Waals surface area contributed by atoms with E-state index in [9.17, 15) is 4.79 Å². The third-order valence-electron chi connectivity index (χ3n) is 3.29. The number of carbonyl (C=O) groups excluding carboxylic acids is 1. The Morgan fingerprint density at radius 2 is 1.42 bits per heavy atom. The Labute approximate surface area is 114 Å². The average Bonchev–Trinajstić information content (AvgIpc) is 2.33. The highest BCUT2D eigenvalue weighted by Gasteiger charge is 2.06. The summed E-state index contributed by atoms with van der Waals surface area (Å²) in [4.78, 5) is 11.4. The van der Waals surface area contributed by atoms with Crippen LogP contribution in [0.1, 0.15) is 34.0 Å². The molecule has 0 bridgehead atoms. The maximum absolute atomic E-state index is 11.4. The summed E-state index contributed by atoms with van der Waals surface area (Å²) in [6, 6.07) is 11.6. The summed E-state index contributed by atoms with van der Waals surface area (Å²) >= 11 is 0. The fraction of sp³-hybridized carbons (Fsp3) is 0.235. The van der Waals surface area contributed by atoms with Gasteiger partial charge in [0.2, 0.25) is 0 Å². The van der Waals surface area contributed by atoms with Crippen LogP contribution in [0.5, 0.6) is 11.5 Å². The average molecular weight is 254 g/mol. The van der Waals surface area contributed by atoms with Gasteiger partial charge in [0.1, 0.15) is 11.5 Å². The summed E-state index contributed by atoms with van der Waals surface area (Å²) in [5.41, 5.74) is 4.13. The zero-order valence-corrected chi connectivity index (χ0v) is 11.8. The van der Waals surface area contributed by atoms with Crippen LogP contribution >= 0.6 is 0 Å². The lowest BCUT2D eigenvalue weighted by Crippen LogP contribution is -1.96. The van der Waals surface area contributed by atoms with Crippen LogP contribution in [0.15, 0.2) is 36.4 Å². The molecule has 0 N–H and O–H groups in total. The van der Waals surface area contributed by atoms with Gasteiger partial charge in [-0.05, 0) is 74.7 Å². The van der Waals surface area contributed by atoms with E-state index in [2.05, 4.69) is 13.8 Å². The molecular formula is C17H18O2. The van der Waals surface area contributed by atoms with Crippen molar-refractivity contribution in [3.05, 3.63) is 58.7 Å². The van der Waals surface area contributed by atoms with Crippen LogP contribution in [-0.4, -0.2) is 5.78 Å². The number of carbonyl (C=O) groups is 1. The SMILES string of the molecule is CC(=O)c1ccc(Oc2ccc(C)c(C)c2)cc1C. The Hall–Kier alpha value is -2.09. The van der Waals surface area contributed by atoms with Crippen LogP contribution in [0.3, 0.4) is 0 Å². The zero-order valence-electron chi connectivity index (χ0n) is 11.8. The quantitative estimate of drug-likeness (QED) is 0.748. The Balaban J connectivity index is 2.26. The van der Waals surface area contributed by atoms with Gasteiger partial charge < -0.3 is 4.74 Å². The number of hydrogen-bond donors (Lipinski definition) is 0. The number of benzene rings is 2. The van der Waals surface area contributed by atoms with Crippen LogP contribution < -0.4 is 4.74 Å². The van der Waals surface area contributed by atoms with Gasteiger partial charge in [-0.25, -0.2) is 0 Å². The maximum atomic E-state index is 11.4. The van der Waals surface area contributed by atoms with E-state index in [1.807, 2.05) is 43.3 Å². The van der Waals surface area contributed by atoms with Crippen molar-refractivity contribution in [2.45, 2.75) is 27.7 Å². The van der Waals surface area contributed by atoms with Crippen molar-refractivity contribution in [1.82, 2.24) is 0 Å². The van der Waals surface area contributed by atoms with E-state index >= 15 is 0 Å². The highest BCUT2D eigenvalue weighted by Crippen LogP contribution is 2.25. The molecular weight excluding hydrogens is 236 g/mol. The molecule has 0 radical (unpaired) electrons. The Kier molecular flexibility index (Phi) is 3.70. The van der Waals surface area contributed by atoms with E-state index in [1.54, 1.807) is 6.92 Å². The smallest absolute Gasteiger partial charge is 0.160 e. The van der Waals surface area contributed by atoms with Crippen LogP contribution in [0.25, 0.3) is 0 Å². The van der Waals surface area contributed by atoms with Crippen LogP contribution in [0, 0.1) is 20.8 Å². The molecule has 0 saturated heterocycles. The van der Waals surface area contributed by atoms with E-state index < -0.39 is 0 Å². The molecule has 2 nitrogen and oxygen atoms in total. The molecule has 0 aliphatic heterocycles. The molecule has 98 valence electrons. The maximum Gasteiger partial charge on any atom is 0.160 e. The van der Waals surface area contributed by atoms with Crippen molar-refractivity contribution in [3.8, 4) is 11.5 Å². The van der Waals surface area contributed by atoms with Crippen molar-refractivity contribution in [1.29, 1.82) is 0 Å². The van der Waals surface area contributed by atoms with Crippen molar-refractivity contribution in [3.63, 3.8) is 0 Å². The summed E-state index contributed by atoms with van der Waals surface area (Å²) in [5.74, 6) is 1.65. The molecule has 2 heteroatoms. The van der Waals surface area contributed by atoms with Gasteiger partial charge in [-0.15, -0.1) is 0 Å². The number of Topliss-reactive ketones (excluding diaryl/α,β-unsaturated/α-hetero) is 1. The normalized spacial score (nSPS) is 10.3. The predicted molar refractivity (Wildman–Crippen MR) is 77.2 cm³/mol. The zero-order chi connectivity index (χ0) is 14.0. The highest BCUT2D eigenvalue weighted by atomic mass is 16.5. The van der Waals surface area contributed by atoms with E-state index in [4.69, 9.17) is 4.74 Å². The minimum absolute atomic E-state index is 0.0789. The lowest BCUT2D eigenvalue weighted by Gasteiger charge is -2.10. The Bertz CT molecular complexity index is 627. The molecule has 0 aromatic heterocycles. The number of rotatable bonds is 3. The molecule has 0 atom stereocenters. The molecule has 19 heavy (non-hydrogen) atoms. The van der Waals surface area contributed by atoms with E-state index in [0.29, 0.717) is 0 Å². The molecule has 2 rings (SSSR count). The number of hydrogen-bond acceptors (Lipinski definition) is 2. The summed E-state index contributed by atoms with van der Waals surface area (Å²) < 4.78 is 5.82. The summed E-state index contributed by atoms with van der Waals surface area (Å²) in [6.45, 7) is 7.63. The minimum atomic E-state index is 0.0789. The predicted octanol–water partition coefficient (Wildman–Crippen LogP) is 4.61. The van der Waals surface area contributed by atoms with Crippen LogP contribution in [0.2, 0.25) is 0 Å². The van der Waals surface area contributed by atoms with Gasteiger partial charge in [-0.3, -0.25) is 4.79 Å². The van der Waals surface area contributed by atoms with E-state index in [-0.39, 0.29) is 5.78 Å². The second kappa shape index (κ2) is 5.27. The Morgan fingerprint density at radius 1 is 0.842 bits per heavy atom. The van der Waals surface area contributed by atoms with Gasteiger partial charge in [0.15, 0.2) is 5.78 Å². The fourth-order valence-corrected chi connectivity index (χ4v) is 2.01. The molecule has 0 unspecified atom stereocenters. The van der Waals surface area contributed by atoms with E-state index in [0.717, 1.165) is 22.6 Å². The second-order valence-corrected chi connectivity index (χ2v) is 4.88. The van der Waals surface area contributed by atoms with Gasteiger partial charge in [-0.2, -0.15) is 0 Å². The lowest BCUT2D eigenvalue weighted by atomic mass is 10.1. The van der Waals surface area contributed by atoms with Crippen molar-refractivity contribution in [2.24, 2.45) is 0 Å². The minimum Gasteiger partial charge on any atom is -0.457 e. The molecule has 2 aromatic carbocycles. The second-order valence-electron chi connectivity index (χ2n) is 4.88. The molecule has 0 spiro atoms. The van der Waals surface area contributed by atoms with Gasteiger partial charge in [-0.1, -0.05) is 6.07 Å². The van der Waals surface area contributed by atoms with Crippen LogP contribution in [0.4, 0.5) is 0 Å². The largest absolute Gasteiger partial charge is 0.457 e. The van der Waals surface area contributed by atoms with E-state index in [1.165, 1.54) is 11.1 Å². The molecule has 0 heterocycles. The monoisotopic (exact) mass is 254 g/mol. The molecule has 0 fully saturated rings. The molecule has 0 aliphatic rings. The molecule has 2 aromatic rings. The topological polar surface area (TPSA) is 26.3 Å². The van der Waals surface area contributed by atoms with Crippen LogP contribution in [-0.2, 0) is 0 Å². The van der Waals surface area contributed by atoms with Gasteiger partial charge in [0.25, 0.3) is 0 Å². The lowest BCUT2D eigenvalue weighted by molar-refractivity contribution is 0.101. The first-order valence-corrected chi connectivity index (χ1v) is 6.34. The number of aryl methyl sites for hydroxylation is 3. The summed E-state index contributed by atoms with van der Waals surface area (Å²) in [6.07, 6.45) is 0. The van der Waals surface area contributed by atoms with Crippen molar-refractivity contribution in [2.75, 3.05) is 0 Å². The Morgan fingerprint density at radius 3 is 1.95 bits per heavy atom. The number of ketones is 1. The van der Waals surface area contributed by atoms with Gasteiger partial charge in [0, 0.05) is 5.56 Å². The molecule has 0 amide bonds. The van der Waals surface area contributed by atoms with Crippen molar-refractivity contribution < 1.29 is 9.53 Å². The first-order valence-electron chi connectivity index (χ1n) is 6.34. The van der Waals surface area contributed by atoms with Crippen molar-refractivity contribution >= 4 is 5.78 Å².